The van der Waals surface area contributed by atoms with Crippen LogP contribution in [-0.4, -0.2) is 65.2 Å². The normalized spacial score (nSPS) is 18.1. The van der Waals surface area contributed by atoms with Gasteiger partial charge in [-0.15, -0.1) is 0 Å². The molecule has 2 aromatic heterocycles. The lowest BCUT2D eigenvalue weighted by molar-refractivity contribution is -0.136. The summed E-state index contributed by atoms with van der Waals surface area (Å²) in [6, 6.07) is 6.81. The second-order valence-corrected chi connectivity index (χ2v) is 8.17. The lowest BCUT2D eigenvalue weighted by atomic mass is 9.94. The maximum Gasteiger partial charge on any atom is 0.263 e. The van der Waals surface area contributed by atoms with Crippen molar-refractivity contribution >= 4 is 28.5 Å². The molecule has 0 N–H and O–H groups in total. The van der Waals surface area contributed by atoms with Crippen molar-refractivity contribution in [3.63, 3.8) is 0 Å². The van der Waals surface area contributed by atoms with Gasteiger partial charge in [-0.05, 0) is 31.9 Å². The number of aromatic nitrogens is 3. The number of rotatable bonds is 3. The Kier molecular flexibility index (Phi) is 5.17. The van der Waals surface area contributed by atoms with Gasteiger partial charge in [0, 0.05) is 45.2 Å². The molecule has 9 heteroatoms. The Hall–Kier alpha value is -3.23. The number of para-hydroxylation sites is 1. The molecule has 0 bridgehead atoms. The van der Waals surface area contributed by atoms with Gasteiger partial charge in [0.05, 0.1) is 11.4 Å². The summed E-state index contributed by atoms with van der Waals surface area (Å²) in [5, 5.41) is 4.84. The largest absolute Gasteiger partial charge is 0.366 e. The first-order valence-corrected chi connectivity index (χ1v) is 10.7. The number of carbonyl (C=O) groups is 1. The first kappa shape index (κ1) is 19.7. The molecule has 0 radical (unpaired) electrons. The third kappa shape index (κ3) is 3.68. The average Bonchev–Trinajstić information content (AvgIpc) is 3.20. The second kappa shape index (κ2) is 8.13. The Labute approximate surface area is 179 Å². The highest BCUT2D eigenvalue weighted by atomic mass is 19.1. The monoisotopic (exact) mass is 424 g/mol. The molecule has 31 heavy (non-hydrogen) atoms. The van der Waals surface area contributed by atoms with Gasteiger partial charge in [-0.3, -0.25) is 4.79 Å². The minimum atomic E-state index is -0.212. The molecule has 0 spiro atoms. The number of carbonyl (C=O) groups excluding carboxylic acids is 1. The molecule has 2 saturated heterocycles. The molecule has 1 aromatic carbocycles. The van der Waals surface area contributed by atoms with Crippen LogP contribution in [0.3, 0.4) is 0 Å². The molecule has 0 saturated carbocycles. The van der Waals surface area contributed by atoms with Crippen molar-refractivity contribution < 1.29 is 13.7 Å². The van der Waals surface area contributed by atoms with Crippen molar-refractivity contribution in [1.82, 2.24) is 20.0 Å². The minimum Gasteiger partial charge on any atom is -0.366 e. The molecule has 5 rings (SSSR count). The highest BCUT2D eigenvalue weighted by molar-refractivity contribution is 5.88. The standard InChI is InChI=1S/C22H25FN6O2/c1-15-19-20(24-14-25-21(19)31-26-15)28-8-6-16(7-9-28)22(30)29-12-10-27(11-13-29)18-5-3-2-4-17(18)23/h2-5,14,16H,6-13H2,1H3. The number of halogens is 1. The Morgan fingerprint density at radius 3 is 2.52 bits per heavy atom. The van der Waals surface area contributed by atoms with Crippen LogP contribution in [0.15, 0.2) is 35.1 Å². The highest BCUT2D eigenvalue weighted by Crippen LogP contribution is 2.30. The van der Waals surface area contributed by atoms with E-state index in [0.717, 1.165) is 42.8 Å². The molecule has 2 aliphatic rings. The van der Waals surface area contributed by atoms with E-state index >= 15 is 0 Å². The Morgan fingerprint density at radius 1 is 1.03 bits per heavy atom. The summed E-state index contributed by atoms with van der Waals surface area (Å²) < 4.78 is 19.3. The fourth-order valence-corrected chi connectivity index (χ4v) is 4.62. The zero-order chi connectivity index (χ0) is 21.4. The summed E-state index contributed by atoms with van der Waals surface area (Å²) in [5.41, 5.74) is 1.88. The lowest BCUT2D eigenvalue weighted by Gasteiger charge is -2.39. The molecule has 2 aliphatic heterocycles. The van der Waals surface area contributed by atoms with E-state index in [1.807, 2.05) is 22.8 Å². The fraction of sp³-hybridized carbons (Fsp3) is 0.455. The maximum atomic E-state index is 14.1. The molecule has 3 aromatic rings. The van der Waals surface area contributed by atoms with Crippen LogP contribution < -0.4 is 9.80 Å². The van der Waals surface area contributed by atoms with Gasteiger partial charge in [0.2, 0.25) is 5.91 Å². The molecule has 0 atom stereocenters. The molecule has 2 fully saturated rings. The summed E-state index contributed by atoms with van der Waals surface area (Å²) in [5.74, 6) is 0.837. The first-order valence-electron chi connectivity index (χ1n) is 10.7. The third-order valence-electron chi connectivity index (χ3n) is 6.35. The average molecular weight is 424 g/mol. The molecule has 162 valence electrons. The zero-order valence-corrected chi connectivity index (χ0v) is 17.5. The molecule has 0 unspecified atom stereocenters. The zero-order valence-electron chi connectivity index (χ0n) is 17.5. The highest BCUT2D eigenvalue weighted by Gasteiger charge is 2.32. The van der Waals surface area contributed by atoms with Gasteiger partial charge in [-0.2, -0.15) is 4.98 Å². The van der Waals surface area contributed by atoms with Crippen molar-refractivity contribution in [3.05, 3.63) is 42.1 Å². The fourth-order valence-electron chi connectivity index (χ4n) is 4.62. The molecule has 8 nitrogen and oxygen atoms in total. The van der Waals surface area contributed by atoms with Crippen LogP contribution in [0, 0.1) is 18.7 Å². The minimum absolute atomic E-state index is 0.0113. The van der Waals surface area contributed by atoms with Crippen molar-refractivity contribution in [2.24, 2.45) is 5.92 Å². The van der Waals surface area contributed by atoms with Gasteiger partial charge in [-0.25, -0.2) is 9.37 Å². The van der Waals surface area contributed by atoms with Crippen molar-refractivity contribution in [3.8, 4) is 0 Å². The van der Waals surface area contributed by atoms with Gasteiger partial charge in [0.1, 0.15) is 23.3 Å². The van der Waals surface area contributed by atoms with E-state index in [4.69, 9.17) is 4.52 Å². The van der Waals surface area contributed by atoms with E-state index < -0.39 is 0 Å². The Bertz CT molecular complexity index is 1090. The van der Waals surface area contributed by atoms with Crippen molar-refractivity contribution in [2.45, 2.75) is 19.8 Å². The van der Waals surface area contributed by atoms with Crippen LogP contribution in [0.4, 0.5) is 15.9 Å². The third-order valence-corrected chi connectivity index (χ3v) is 6.35. The molecule has 4 heterocycles. The van der Waals surface area contributed by atoms with E-state index in [-0.39, 0.29) is 17.6 Å². The number of nitrogens with zero attached hydrogens (tertiary/aromatic N) is 6. The van der Waals surface area contributed by atoms with Gasteiger partial charge in [0.15, 0.2) is 0 Å². The van der Waals surface area contributed by atoms with Crippen LogP contribution in [-0.2, 0) is 4.79 Å². The summed E-state index contributed by atoms with van der Waals surface area (Å²) in [6.45, 7) is 5.94. The summed E-state index contributed by atoms with van der Waals surface area (Å²) >= 11 is 0. The summed E-state index contributed by atoms with van der Waals surface area (Å²) in [4.78, 5) is 27.8. The van der Waals surface area contributed by atoms with E-state index in [1.54, 1.807) is 12.1 Å². The number of piperidine rings is 1. The number of hydrogen-bond donors (Lipinski definition) is 0. The summed E-state index contributed by atoms with van der Waals surface area (Å²) in [6.07, 6.45) is 3.05. The number of hydrogen-bond acceptors (Lipinski definition) is 7. The molecular weight excluding hydrogens is 399 g/mol. The first-order chi connectivity index (χ1) is 15.1. The molecular formula is C22H25FN6O2. The van der Waals surface area contributed by atoms with Crippen molar-refractivity contribution in [2.75, 3.05) is 49.1 Å². The summed E-state index contributed by atoms with van der Waals surface area (Å²) in [7, 11) is 0. The number of fused-ring (bicyclic) bond motifs is 1. The SMILES string of the molecule is Cc1noc2ncnc(N3CCC(C(=O)N4CCN(c5ccccc5F)CC4)CC3)c12. The maximum absolute atomic E-state index is 14.1. The second-order valence-electron chi connectivity index (χ2n) is 8.17. The number of anilines is 2. The van der Waals surface area contributed by atoms with E-state index in [0.29, 0.717) is 37.6 Å². The predicted molar refractivity (Wildman–Crippen MR) is 114 cm³/mol. The number of piperazine rings is 1. The van der Waals surface area contributed by atoms with Crippen LogP contribution in [0.2, 0.25) is 0 Å². The van der Waals surface area contributed by atoms with Gasteiger partial charge in [-0.1, -0.05) is 17.3 Å². The van der Waals surface area contributed by atoms with Gasteiger partial charge >= 0.3 is 0 Å². The number of aryl methyl sites for hydroxylation is 1. The molecule has 1 amide bonds. The molecule has 0 aliphatic carbocycles. The van der Waals surface area contributed by atoms with E-state index in [1.165, 1.54) is 12.4 Å². The van der Waals surface area contributed by atoms with Gasteiger partial charge < -0.3 is 19.2 Å². The van der Waals surface area contributed by atoms with Crippen molar-refractivity contribution in [1.29, 1.82) is 0 Å². The van der Waals surface area contributed by atoms with Crippen LogP contribution in [0.1, 0.15) is 18.5 Å². The Balaban J connectivity index is 1.19. The van der Waals surface area contributed by atoms with E-state index in [2.05, 4.69) is 20.0 Å². The van der Waals surface area contributed by atoms with Crippen LogP contribution in [0.25, 0.3) is 11.1 Å². The number of benzene rings is 1. The Morgan fingerprint density at radius 2 is 1.77 bits per heavy atom. The lowest BCUT2D eigenvalue weighted by Crippen LogP contribution is -2.52. The predicted octanol–water partition coefficient (Wildman–Crippen LogP) is 2.63. The topological polar surface area (TPSA) is 78.6 Å². The van der Waals surface area contributed by atoms with Gasteiger partial charge in [0.25, 0.3) is 5.71 Å². The van der Waals surface area contributed by atoms with E-state index in [9.17, 15) is 9.18 Å². The van der Waals surface area contributed by atoms with Crippen LogP contribution in [0.5, 0.6) is 0 Å². The van der Waals surface area contributed by atoms with Crippen LogP contribution >= 0.6 is 0 Å². The number of amides is 1. The quantitative estimate of drug-likeness (QED) is 0.640. The smallest absolute Gasteiger partial charge is 0.263 e.